The zero-order chi connectivity index (χ0) is 23.2. The van der Waals surface area contributed by atoms with Crippen LogP contribution in [-0.4, -0.2) is 35.1 Å². The summed E-state index contributed by atoms with van der Waals surface area (Å²) in [5.41, 5.74) is 0.413. The molecule has 1 aliphatic rings. The number of hydrogen-bond donors (Lipinski definition) is 2. The van der Waals surface area contributed by atoms with E-state index >= 15 is 0 Å². The van der Waals surface area contributed by atoms with E-state index in [0.717, 1.165) is 31.3 Å². The van der Waals surface area contributed by atoms with Gasteiger partial charge >= 0.3 is 6.18 Å². The van der Waals surface area contributed by atoms with Gasteiger partial charge in [0.15, 0.2) is 11.5 Å². The van der Waals surface area contributed by atoms with Crippen LogP contribution in [-0.2, 0) is 10.3 Å². The molecule has 0 radical (unpaired) electrons. The normalized spacial score (nSPS) is 23.9. The topological polar surface area (TPSA) is 89.6 Å². The second-order valence-electron chi connectivity index (χ2n) is 7.22. The second-order valence-corrected chi connectivity index (χ2v) is 7.66. The molecule has 1 aromatic carbocycles. The lowest BCUT2D eigenvalue weighted by molar-refractivity contribution is -0.249. The molecule has 0 saturated carbocycles. The van der Waals surface area contributed by atoms with Crippen molar-refractivity contribution in [2.45, 2.75) is 31.2 Å². The SMILES string of the molecule is C[C@@]1(c2cc(NC(=O)c3ncc(Cl)cc3F)ccc2F)CO[C@@](C)(C(F)(F)F)C(N)=N1. The number of hydrogen-bond acceptors (Lipinski definition) is 5. The van der Waals surface area contributed by atoms with E-state index in [2.05, 4.69) is 15.3 Å². The predicted molar refractivity (Wildman–Crippen MR) is 103 cm³/mol. The van der Waals surface area contributed by atoms with Gasteiger partial charge in [0.2, 0.25) is 5.60 Å². The number of carbonyl (C=O) groups excluding carboxylic acids is 1. The summed E-state index contributed by atoms with van der Waals surface area (Å²) in [5.74, 6) is -3.59. The van der Waals surface area contributed by atoms with Gasteiger partial charge in [-0.15, -0.1) is 0 Å². The molecular formula is C19H16ClF5N4O2. The van der Waals surface area contributed by atoms with Crippen molar-refractivity contribution in [1.29, 1.82) is 0 Å². The smallest absolute Gasteiger partial charge is 0.385 e. The quantitative estimate of drug-likeness (QED) is 0.669. The maximum absolute atomic E-state index is 14.5. The summed E-state index contributed by atoms with van der Waals surface area (Å²) in [4.78, 5) is 19.8. The Kier molecular flexibility index (Phi) is 5.70. The summed E-state index contributed by atoms with van der Waals surface area (Å²) >= 11 is 5.60. The molecule has 12 heteroatoms. The Morgan fingerprint density at radius 1 is 1.23 bits per heavy atom. The van der Waals surface area contributed by atoms with E-state index in [1.54, 1.807) is 0 Å². The summed E-state index contributed by atoms with van der Waals surface area (Å²) in [6.07, 6.45) is -3.75. The van der Waals surface area contributed by atoms with E-state index in [1.807, 2.05) is 0 Å². The molecule has 0 fully saturated rings. The van der Waals surface area contributed by atoms with Gasteiger partial charge < -0.3 is 15.8 Å². The van der Waals surface area contributed by atoms with Crippen molar-refractivity contribution in [3.05, 3.63) is 58.4 Å². The number of nitrogens with one attached hydrogen (secondary N) is 1. The van der Waals surface area contributed by atoms with Crippen LogP contribution in [0.2, 0.25) is 5.02 Å². The van der Waals surface area contributed by atoms with Gasteiger partial charge in [-0.3, -0.25) is 9.79 Å². The lowest BCUT2D eigenvalue weighted by atomic mass is 9.89. The summed E-state index contributed by atoms with van der Waals surface area (Å²) in [6, 6.07) is 4.21. The molecule has 31 heavy (non-hydrogen) atoms. The van der Waals surface area contributed by atoms with Gasteiger partial charge in [0.05, 0.1) is 11.6 Å². The third-order valence-electron chi connectivity index (χ3n) is 4.87. The number of carbonyl (C=O) groups is 1. The molecule has 0 unspecified atom stereocenters. The summed E-state index contributed by atoms with van der Waals surface area (Å²) in [6.45, 7) is 1.43. The number of halogens is 6. The maximum Gasteiger partial charge on any atom is 0.424 e. The molecule has 2 heterocycles. The van der Waals surface area contributed by atoms with Crippen molar-refractivity contribution in [1.82, 2.24) is 4.98 Å². The Morgan fingerprint density at radius 3 is 2.48 bits per heavy atom. The minimum absolute atomic E-state index is 0.00958. The fraction of sp³-hybridized carbons (Fsp3) is 0.316. The van der Waals surface area contributed by atoms with Crippen LogP contribution in [0.25, 0.3) is 0 Å². The van der Waals surface area contributed by atoms with Crippen LogP contribution in [0.15, 0.2) is 35.5 Å². The third-order valence-corrected chi connectivity index (χ3v) is 5.07. The zero-order valence-electron chi connectivity index (χ0n) is 16.1. The highest BCUT2D eigenvalue weighted by atomic mass is 35.5. The number of rotatable bonds is 3. The molecule has 1 aliphatic heterocycles. The minimum atomic E-state index is -4.83. The number of aromatic nitrogens is 1. The van der Waals surface area contributed by atoms with Crippen LogP contribution < -0.4 is 11.1 Å². The molecule has 3 rings (SSSR count). The molecule has 0 spiro atoms. The Balaban J connectivity index is 1.94. The zero-order valence-corrected chi connectivity index (χ0v) is 16.9. The molecule has 6 nitrogen and oxygen atoms in total. The first-order valence-corrected chi connectivity index (χ1v) is 9.13. The van der Waals surface area contributed by atoms with Gasteiger partial charge in [-0.1, -0.05) is 11.6 Å². The van der Waals surface area contributed by atoms with Crippen molar-refractivity contribution in [3.8, 4) is 0 Å². The number of benzene rings is 1. The van der Waals surface area contributed by atoms with Crippen molar-refractivity contribution >= 4 is 29.0 Å². The first kappa shape index (κ1) is 22.9. The van der Waals surface area contributed by atoms with Gasteiger partial charge in [-0.2, -0.15) is 13.2 Å². The lowest BCUT2D eigenvalue weighted by Crippen LogP contribution is -2.60. The van der Waals surface area contributed by atoms with Gasteiger partial charge in [0, 0.05) is 17.4 Å². The molecule has 3 N–H and O–H groups in total. The maximum atomic E-state index is 14.5. The van der Waals surface area contributed by atoms with Gasteiger partial charge in [0.1, 0.15) is 17.2 Å². The summed E-state index contributed by atoms with van der Waals surface area (Å²) < 4.78 is 73.3. The fourth-order valence-electron chi connectivity index (χ4n) is 2.92. The number of ether oxygens (including phenoxy) is 1. The van der Waals surface area contributed by atoms with E-state index in [0.29, 0.717) is 0 Å². The van der Waals surface area contributed by atoms with E-state index in [-0.39, 0.29) is 16.3 Å². The minimum Gasteiger partial charge on any atom is -0.385 e. The molecule has 2 aromatic rings. The molecule has 1 aromatic heterocycles. The fourth-order valence-corrected chi connectivity index (χ4v) is 3.06. The molecular weight excluding hydrogens is 447 g/mol. The molecule has 166 valence electrons. The average molecular weight is 463 g/mol. The number of amides is 1. The molecule has 0 bridgehead atoms. The molecule has 1 amide bonds. The first-order chi connectivity index (χ1) is 14.3. The standard InChI is InChI=1S/C19H16ClF5N4O2/c1-17(8-31-18(2,16(26)29-17)19(23,24)25)11-6-10(3-4-12(11)21)28-15(30)14-13(22)5-9(20)7-27-14/h3-7H,8H2,1-2H3,(H2,26,29)(H,28,30)/t17-,18+/m0/s1. The van der Waals surface area contributed by atoms with Crippen molar-refractivity contribution in [2.75, 3.05) is 11.9 Å². The summed E-state index contributed by atoms with van der Waals surface area (Å²) in [5, 5.41) is 2.33. The van der Waals surface area contributed by atoms with Crippen LogP contribution in [0.4, 0.5) is 27.6 Å². The highest BCUT2D eigenvalue weighted by molar-refractivity contribution is 6.30. The van der Waals surface area contributed by atoms with Gasteiger partial charge in [-0.25, -0.2) is 13.8 Å². The molecule has 0 aliphatic carbocycles. The number of pyridine rings is 1. The van der Waals surface area contributed by atoms with E-state index < -0.39 is 53.0 Å². The Morgan fingerprint density at radius 2 is 1.90 bits per heavy atom. The van der Waals surface area contributed by atoms with Crippen LogP contribution in [0, 0.1) is 11.6 Å². The first-order valence-electron chi connectivity index (χ1n) is 8.76. The Bertz CT molecular complexity index is 1080. The van der Waals surface area contributed by atoms with Crippen LogP contribution >= 0.6 is 11.6 Å². The Labute approximate surface area is 178 Å². The monoisotopic (exact) mass is 462 g/mol. The summed E-state index contributed by atoms with van der Waals surface area (Å²) in [7, 11) is 0. The molecule has 0 saturated heterocycles. The van der Waals surface area contributed by atoms with Gasteiger partial charge in [-0.05, 0) is 38.1 Å². The van der Waals surface area contributed by atoms with Crippen molar-refractivity contribution < 1.29 is 31.5 Å². The highest BCUT2D eigenvalue weighted by Crippen LogP contribution is 2.41. The van der Waals surface area contributed by atoms with Crippen LogP contribution in [0.5, 0.6) is 0 Å². The van der Waals surface area contributed by atoms with Gasteiger partial charge in [0.25, 0.3) is 5.91 Å². The number of nitrogens with zero attached hydrogens (tertiary/aromatic N) is 2. The second kappa shape index (κ2) is 7.72. The number of nitrogens with two attached hydrogens (primary N) is 1. The van der Waals surface area contributed by atoms with Crippen LogP contribution in [0.1, 0.15) is 29.9 Å². The van der Waals surface area contributed by atoms with Crippen molar-refractivity contribution in [3.63, 3.8) is 0 Å². The average Bonchev–Trinajstić information content (AvgIpc) is 2.65. The predicted octanol–water partition coefficient (Wildman–Crippen LogP) is 4.19. The number of aliphatic imine (C=N–C) groups is 1. The lowest BCUT2D eigenvalue weighted by Gasteiger charge is -2.41. The largest absolute Gasteiger partial charge is 0.424 e. The third kappa shape index (κ3) is 4.19. The number of alkyl halides is 3. The van der Waals surface area contributed by atoms with E-state index in [1.165, 1.54) is 13.0 Å². The number of anilines is 1. The number of amidine groups is 1. The van der Waals surface area contributed by atoms with Crippen LogP contribution in [0.3, 0.4) is 0 Å². The highest BCUT2D eigenvalue weighted by Gasteiger charge is 2.59. The van der Waals surface area contributed by atoms with Crippen molar-refractivity contribution in [2.24, 2.45) is 10.7 Å². The molecule has 2 atom stereocenters. The van der Waals surface area contributed by atoms with E-state index in [4.69, 9.17) is 22.1 Å². The van der Waals surface area contributed by atoms with E-state index in [9.17, 15) is 26.7 Å². The Hall–Kier alpha value is -2.79.